The van der Waals surface area contributed by atoms with Gasteiger partial charge in [-0.25, -0.2) is 18.5 Å². The highest BCUT2D eigenvalue weighted by Gasteiger charge is 2.40. The molecule has 0 amide bonds. The number of nitrogens with zero attached hydrogens (tertiary/aromatic N) is 3. The summed E-state index contributed by atoms with van der Waals surface area (Å²) in [4.78, 5) is 5.20. The molecule has 0 aromatic heterocycles. The van der Waals surface area contributed by atoms with Crippen molar-refractivity contribution in [3.05, 3.63) is 112 Å². The zero-order valence-electron chi connectivity index (χ0n) is 20.8. The van der Waals surface area contributed by atoms with Crippen LogP contribution in [0.1, 0.15) is 31.4 Å². The predicted molar refractivity (Wildman–Crippen MR) is 146 cm³/mol. The van der Waals surface area contributed by atoms with Crippen molar-refractivity contribution < 1.29 is 21.4 Å². The van der Waals surface area contributed by atoms with E-state index in [1.165, 1.54) is 12.1 Å². The lowest BCUT2D eigenvalue weighted by Gasteiger charge is -2.27. The van der Waals surface area contributed by atoms with Crippen molar-refractivity contribution in [2.45, 2.75) is 30.6 Å². The molecule has 0 aliphatic carbocycles. The number of hydrogen-bond acceptors (Lipinski definition) is 6. The second kappa shape index (κ2) is 10.1. The molecule has 2 aromatic carbocycles. The fraction of sp³-hybridized carbons (Fsp3) is 0.214. The quantitative estimate of drug-likeness (QED) is 0.306. The molecular formula is C28H25N3O5S2. The minimum atomic E-state index is -4.09. The van der Waals surface area contributed by atoms with Gasteiger partial charge in [0.15, 0.2) is 0 Å². The van der Waals surface area contributed by atoms with Gasteiger partial charge in [-0.2, -0.15) is 8.42 Å². The summed E-state index contributed by atoms with van der Waals surface area (Å²) in [5.41, 5.74) is 2.56. The van der Waals surface area contributed by atoms with Gasteiger partial charge in [-0.05, 0) is 41.8 Å². The molecule has 8 nitrogen and oxygen atoms in total. The highest BCUT2D eigenvalue weighted by molar-refractivity contribution is 7.96. The second-order valence-electron chi connectivity index (χ2n) is 9.35. The first-order valence-corrected chi connectivity index (χ1v) is 14.8. The molecule has 38 heavy (non-hydrogen) atoms. The van der Waals surface area contributed by atoms with Gasteiger partial charge in [0.1, 0.15) is 0 Å². The van der Waals surface area contributed by atoms with Crippen molar-refractivity contribution in [3.8, 4) is 6.07 Å². The molecule has 0 saturated carbocycles. The average Bonchev–Trinajstić information content (AvgIpc) is 3.22. The molecule has 0 atom stereocenters. The molecule has 0 bridgehead atoms. The second-order valence-corrected chi connectivity index (χ2v) is 12.8. The van der Waals surface area contributed by atoms with Crippen LogP contribution in [0, 0.1) is 17.9 Å². The third-order valence-corrected chi connectivity index (χ3v) is 9.29. The van der Waals surface area contributed by atoms with E-state index in [1.54, 1.807) is 30.4 Å². The minimum absolute atomic E-state index is 0.0572. The Morgan fingerprint density at radius 2 is 1.79 bits per heavy atom. The number of nitriles is 1. The van der Waals surface area contributed by atoms with Gasteiger partial charge in [0.05, 0.1) is 28.2 Å². The molecule has 0 saturated heterocycles. The van der Waals surface area contributed by atoms with Gasteiger partial charge in [0, 0.05) is 28.9 Å². The van der Waals surface area contributed by atoms with Crippen LogP contribution in [-0.4, -0.2) is 33.7 Å². The molecule has 10 heteroatoms. The summed E-state index contributed by atoms with van der Waals surface area (Å²) in [6.07, 6.45) is 6.68. The van der Waals surface area contributed by atoms with Crippen LogP contribution in [0.3, 0.4) is 0 Å². The highest BCUT2D eigenvalue weighted by Crippen LogP contribution is 2.48. The van der Waals surface area contributed by atoms with Gasteiger partial charge in [-0.15, -0.1) is 0 Å². The third kappa shape index (κ3) is 4.82. The third-order valence-electron chi connectivity index (χ3n) is 6.63. The monoisotopic (exact) mass is 547 g/mol. The van der Waals surface area contributed by atoms with Gasteiger partial charge in [0.2, 0.25) is 9.84 Å². The first-order chi connectivity index (χ1) is 17.9. The topological polar surface area (TPSA) is 120 Å². The van der Waals surface area contributed by atoms with Crippen molar-refractivity contribution in [3.63, 3.8) is 0 Å². The van der Waals surface area contributed by atoms with Crippen molar-refractivity contribution >= 4 is 31.2 Å². The normalized spacial score (nSPS) is 20.8. The van der Waals surface area contributed by atoms with Crippen LogP contribution < -0.4 is 4.90 Å². The molecule has 1 N–H and O–H groups in total. The number of para-hydroxylation sites is 1. The average molecular weight is 548 g/mol. The molecule has 0 unspecified atom stereocenters. The van der Waals surface area contributed by atoms with E-state index in [4.69, 9.17) is 11.1 Å². The summed E-state index contributed by atoms with van der Waals surface area (Å²) < 4.78 is 58.2. The van der Waals surface area contributed by atoms with E-state index in [0.717, 1.165) is 16.9 Å². The number of rotatable bonds is 6. The van der Waals surface area contributed by atoms with E-state index >= 15 is 0 Å². The smallest absolute Gasteiger partial charge is 0.270 e. The molecule has 0 fully saturated rings. The Hall–Kier alpha value is -3.96. The molecule has 2 aliphatic heterocycles. The Morgan fingerprint density at radius 1 is 1.13 bits per heavy atom. The van der Waals surface area contributed by atoms with Crippen LogP contribution in [0.25, 0.3) is 10.4 Å². The Bertz CT molecular complexity index is 1720. The molecule has 2 aromatic rings. The maximum atomic E-state index is 13.2. The Balaban J connectivity index is 1.75. The lowest BCUT2D eigenvalue weighted by molar-refractivity contribution is 0.481. The summed E-state index contributed by atoms with van der Waals surface area (Å²) in [5.74, 6) is -0.364. The van der Waals surface area contributed by atoms with Gasteiger partial charge >= 0.3 is 0 Å². The molecule has 2 aliphatic rings. The zero-order chi connectivity index (χ0) is 27.7. The number of benzene rings is 2. The van der Waals surface area contributed by atoms with Gasteiger partial charge in [0.25, 0.3) is 15.8 Å². The van der Waals surface area contributed by atoms with Crippen LogP contribution in [-0.2, 0) is 25.4 Å². The number of sulfone groups is 1. The van der Waals surface area contributed by atoms with E-state index in [-0.39, 0.29) is 33.2 Å². The molecule has 2 heterocycles. The summed E-state index contributed by atoms with van der Waals surface area (Å²) in [6.45, 7) is 11.8. The van der Waals surface area contributed by atoms with Crippen molar-refractivity contribution in [2.24, 2.45) is 0 Å². The first-order valence-electron chi connectivity index (χ1n) is 11.7. The molecular weight excluding hydrogens is 522 g/mol. The number of hydrogen-bond donors (Lipinski definition) is 1. The SMILES string of the molecule is [C-]#[N+]C(C#N)=C1C(=CC=CC=C2N(CCCS(=O)(=O)O)c3ccccc3C2(C)C)S(=O)(=O)c2ccccc21. The summed E-state index contributed by atoms with van der Waals surface area (Å²) >= 11 is 0. The molecule has 0 radical (unpaired) electrons. The van der Waals surface area contributed by atoms with Crippen molar-refractivity contribution in [1.29, 1.82) is 5.26 Å². The number of allylic oxidation sites excluding steroid dienone is 7. The van der Waals surface area contributed by atoms with Crippen LogP contribution >= 0.6 is 0 Å². The maximum Gasteiger partial charge on any atom is 0.270 e. The summed E-state index contributed by atoms with van der Waals surface area (Å²) in [5, 5.41) is 9.48. The van der Waals surface area contributed by atoms with Crippen molar-refractivity contribution in [1.82, 2.24) is 0 Å². The Morgan fingerprint density at radius 3 is 2.47 bits per heavy atom. The van der Waals surface area contributed by atoms with E-state index in [9.17, 15) is 22.1 Å². The Labute approximate surface area is 223 Å². The van der Waals surface area contributed by atoms with E-state index < -0.39 is 25.4 Å². The van der Waals surface area contributed by atoms with Crippen LogP contribution in [0.4, 0.5) is 5.69 Å². The van der Waals surface area contributed by atoms with Gasteiger partial charge in [-0.3, -0.25) is 4.55 Å². The Kier molecular flexibility index (Phi) is 7.18. The number of fused-ring (bicyclic) bond motifs is 2. The standard InChI is InChI=1S/C28H25N3O5S2/c1-28(2)21-12-5-6-13-23(21)31(17-10-18-37(32,33)34)26(28)16-9-8-15-25-27(22(19-29)30-3)20-11-4-7-14-24(20)38(25,35)36/h4-9,11-16H,10,17-18H2,1-2H3,(H,32,33,34). The van der Waals surface area contributed by atoms with E-state index in [0.29, 0.717) is 12.1 Å². The van der Waals surface area contributed by atoms with Gasteiger partial charge in [-0.1, -0.05) is 62.4 Å². The zero-order valence-corrected chi connectivity index (χ0v) is 22.4. The van der Waals surface area contributed by atoms with Crippen LogP contribution in [0.5, 0.6) is 0 Å². The summed E-state index contributed by atoms with van der Waals surface area (Å²) in [7, 11) is -8.01. The molecule has 0 spiro atoms. The highest BCUT2D eigenvalue weighted by atomic mass is 32.2. The summed E-state index contributed by atoms with van der Waals surface area (Å²) in [6, 6.07) is 15.9. The fourth-order valence-electron chi connectivity index (χ4n) is 4.92. The van der Waals surface area contributed by atoms with Gasteiger partial charge < -0.3 is 4.90 Å². The molecule has 4 rings (SSSR count). The predicted octanol–water partition coefficient (Wildman–Crippen LogP) is 5.03. The lowest BCUT2D eigenvalue weighted by Crippen LogP contribution is -2.28. The first kappa shape index (κ1) is 27.1. The van der Waals surface area contributed by atoms with E-state index in [1.807, 2.05) is 55.2 Å². The van der Waals surface area contributed by atoms with Crippen molar-refractivity contribution in [2.75, 3.05) is 17.2 Å². The van der Waals surface area contributed by atoms with E-state index in [2.05, 4.69) is 4.85 Å². The molecule has 194 valence electrons. The largest absolute Gasteiger partial charge is 0.344 e. The minimum Gasteiger partial charge on any atom is -0.344 e. The van der Waals surface area contributed by atoms with Crippen LogP contribution in [0.15, 0.2) is 94.0 Å². The maximum absolute atomic E-state index is 13.2. The fourth-order valence-corrected chi connectivity index (χ4v) is 7.10. The number of anilines is 1. The van der Waals surface area contributed by atoms with Crippen LogP contribution in [0.2, 0.25) is 0 Å². The lowest BCUT2D eigenvalue weighted by atomic mass is 9.84.